The van der Waals surface area contributed by atoms with E-state index in [1.54, 1.807) is 12.2 Å². The normalized spacial score (nSPS) is 12.6. The van der Waals surface area contributed by atoms with Crippen LogP contribution in [0.15, 0.2) is 42.5 Å². The minimum atomic E-state index is -0.365. The van der Waals surface area contributed by atoms with Gasteiger partial charge in [-0.2, -0.15) is 0 Å². The number of pyridine rings is 1. The first-order chi connectivity index (χ1) is 13.9. The number of nitrogens with two attached hydrogens (primary N) is 1. The van der Waals surface area contributed by atoms with Crippen LogP contribution in [0.5, 0.6) is 0 Å². The molecule has 0 saturated heterocycles. The third kappa shape index (κ3) is 6.82. The van der Waals surface area contributed by atoms with Crippen LogP contribution in [0, 0.1) is 5.92 Å². The van der Waals surface area contributed by atoms with Gasteiger partial charge in [0.1, 0.15) is 5.82 Å². The fraction of sp³-hybridized carbons (Fsp3) is 0.440. The lowest BCUT2D eigenvalue weighted by Gasteiger charge is -2.15. The topological polar surface area (TPSA) is 76.2 Å². The molecule has 29 heavy (non-hydrogen) atoms. The zero-order chi connectivity index (χ0) is 21.2. The van der Waals surface area contributed by atoms with Crippen molar-refractivity contribution in [2.75, 3.05) is 12.3 Å². The number of anilines is 1. The van der Waals surface area contributed by atoms with E-state index in [9.17, 15) is 4.79 Å². The van der Waals surface area contributed by atoms with Gasteiger partial charge in [-0.1, -0.05) is 69.5 Å². The van der Waals surface area contributed by atoms with Gasteiger partial charge in [-0.15, -0.1) is 0 Å². The summed E-state index contributed by atoms with van der Waals surface area (Å²) in [5.74, 6) is 0.823. The Labute approximate surface area is 174 Å². The molecule has 0 radical (unpaired) electrons. The highest BCUT2D eigenvalue weighted by molar-refractivity contribution is 6.01. The number of aliphatic hydroxyl groups is 1. The van der Waals surface area contributed by atoms with Gasteiger partial charge in [0.2, 0.25) is 0 Å². The Balaban J connectivity index is 2.09. The van der Waals surface area contributed by atoms with Crippen LogP contribution in [0.4, 0.5) is 5.82 Å². The van der Waals surface area contributed by atoms with Crippen LogP contribution in [0.3, 0.4) is 0 Å². The van der Waals surface area contributed by atoms with Gasteiger partial charge in [0.25, 0.3) is 0 Å². The van der Waals surface area contributed by atoms with Crippen molar-refractivity contribution in [1.29, 1.82) is 0 Å². The Bertz CT molecular complexity index is 827. The number of aromatic nitrogens is 1. The summed E-state index contributed by atoms with van der Waals surface area (Å²) in [5, 5.41) is 8.91. The quantitative estimate of drug-likeness (QED) is 0.394. The second-order valence-electron chi connectivity index (χ2n) is 8.03. The van der Waals surface area contributed by atoms with Crippen LogP contribution >= 0.6 is 0 Å². The molecule has 0 amide bonds. The largest absolute Gasteiger partial charge is 0.392 e. The fourth-order valence-corrected chi connectivity index (χ4v) is 3.45. The number of ketones is 1. The zero-order valence-electron chi connectivity index (χ0n) is 17.9. The molecule has 1 atom stereocenters. The van der Waals surface area contributed by atoms with Gasteiger partial charge >= 0.3 is 0 Å². The summed E-state index contributed by atoms with van der Waals surface area (Å²) in [5.41, 5.74) is 9.34. The number of nitrogen functional groups attached to an aromatic ring is 1. The van der Waals surface area contributed by atoms with E-state index in [0.717, 1.165) is 35.4 Å². The van der Waals surface area contributed by atoms with Crippen molar-refractivity contribution in [3.05, 3.63) is 64.9 Å². The van der Waals surface area contributed by atoms with E-state index in [1.807, 2.05) is 37.3 Å². The number of unbranched alkanes of at least 4 members (excludes halogenated alkanes) is 2. The number of Topliss-reactive ketones (excluding diaryl/α,β-unsaturated/α-hetero) is 1. The molecule has 0 spiro atoms. The summed E-state index contributed by atoms with van der Waals surface area (Å²) < 4.78 is 0. The minimum absolute atomic E-state index is 0.0513. The standard InChI is InChI=1S/C25H34N2O2/c1-18(2)10-5-4-6-11-20-12-7-8-14-22(20)24(29)19(3)23-16-15-21(13-9-17-28)25(26)27-23/h7-9,12-16,18-19,28H,4-6,10-11,17H2,1-3H3,(H2,26,27)/b13-9-. The summed E-state index contributed by atoms with van der Waals surface area (Å²) in [7, 11) is 0. The summed E-state index contributed by atoms with van der Waals surface area (Å²) in [6, 6.07) is 11.6. The lowest BCUT2D eigenvalue weighted by atomic mass is 9.90. The number of nitrogens with zero attached hydrogens (tertiary/aromatic N) is 1. The molecular formula is C25H34N2O2. The van der Waals surface area contributed by atoms with E-state index in [-0.39, 0.29) is 18.3 Å². The number of rotatable bonds is 11. The SMILES string of the molecule is CC(C)CCCCCc1ccccc1C(=O)C(C)c1ccc(/C=C\CO)c(N)n1. The Morgan fingerprint density at radius 1 is 1.10 bits per heavy atom. The number of aryl methyl sites for hydroxylation is 1. The summed E-state index contributed by atoms with van der Waals surface area (Å²) in [6.07, 6.45) is 9.05. The minimum Gasteiger partial charge on any atom is -0.392 e. The highest BCUT2D eigenvalue weighted by atomic mass is 16.2. The highest BCUT2D eigenvalue weighted by Gasteiger charge is 2.21. The molecule has 0 saturated carbocycles. The van der Waals surface area contributed by atoms with E-state index in [0.29, 0.717) is 11.5 Å². The van der Waals surface area contributed by atoms with Crippen molar-refractivity contribution in [3.8, 4) is 0 Å². The maximum Gasteiger partial charge on any atom is 0.171 e. The van der Waals surface area contributed by atoms with Gasteiger partial charge in [0.05, 0.1) is 18.2 Å². The molecule has 0 aliphatic carbocycles. The monoisotopic (exact) mass is 394 g/mol. The molecule has 1 heterocycles. The van der Waals surface area contributed by atoms with E-state index in [2.05, 4.69) is 24.9 Å². The Kier molecular flexibility index (Phi) is 9.07. The van der Waals surface area contributed by atoms with Gasteiger partial charge in [0.15, 0.2) is 5.78 Å². The third-order valence-electron chi connectivity index (χ3n) is 5.23. The van der Waals surface area contributed by atoms with Crippen LogP contribution in [-0.4, -0.2) is 22.5 Å². The van der Waals surface area contributed by atoms with E-state index < -0.39 is 0 Å². The van der Waals surface area contributed by atoms with E-state index >= 15 is 0 Å². The van der Waals surface area contributed by atoms with Crippen LogP contribution in [0.25, 0.3) is 6.08 Å². The second-order valence-corrected chi connectivity index (χ2v) is 8.03. The summed E-state index contributed by atoms with van der Waals surface area (Å²) in [4.78, 5) is 17.6. The zero-order valence-corrected chi connectivity index (χ0v) is 17.9. The van der Waals surface area contributed by atoms with Crippen LogP contribution in [0.2, 0.25) is 0 Å². The van der Waals surface area contributed by atoms with Crippen molar-refractivity contribution in [2.45, 2.75) is 58.8 Å². The van der Waals surface area contributed by atoms with Crippen molar-refractivity contribution in [1.82, 2.24) is 4.98 Å². The lowest BCUT2D eigenvalue weighted by molar-refractivity contribution is 0.0963. The molecule has 1 aromatic carbocycles. The van der Waals surface area contributed by atoms with Gasteiger partial charge in [-0.05, 0) is 43.4 Å². The average Bonchev–Trinajstić information content (AvgIpc) is 2.71. The molecule has 156 valence electrons. The molecular weight excluding hydrogens is 360 g/mol. The van der Waals surface area contributed by atoms with Crippen molar-refractivity contribution in [3.63, 3.8) is 0 Å². The number of hydrogen-bond donors (Lipinski definition) is 2. The molecule has 1 aromatic heterocycles. The summed E-state index contributed by atoms with van der Waals surface area (Å²) >= 11 is 0. The maximum absolute atomic E-state index is 13.2. The van der Waals surface area contributed by atoms with Crippen LogP contribution in [-0.2, 0) is 6.42 Å². The predicted octanol–water partition coefficient (Wildman–Crippen LogP) is 5.41. The van der Waals surface area contributed by atoms with E-state index in [1.165, 1.54) is 19.3 Å². The van der Waals surface area contributed by atoms with Crippen molar-refractivity contribution >= 4 is 17.7 Å². The molecule has 0 fully saturated rings. The fourth-order valence-electron chi connectivity index (χ4n) is 3.45. The Hall–Kier alpha value is -2.46. The first kappa shape index (κ1) is 22.8. The van der Waals surface area contributed by atoms with E-state index in [4.69, 9.17) is 10.8 Å². The molecule has 0 bridgehead atoms. The van der Waals surface area contributed by atoms with Crippen LogP contribution in [0.1, 0.15) is 79.6 Å². The van der Waals surface area contributed by atoms with Crippen LogP contribution < -0.4 is 5.73 Å². The highest BCUT2D eigenvalue weighted by Crippen LogP contribution is 2.24. The molecule has 1 unspecified atom stereocenters. The first-order valence-corrected chi connectivity index (χ1v) is 10.6. The van der Waals surface area contributed by atoms with Gasteiger partial charge in [-0.25, -0.2) is 4.98 Å². The molecule has 0 aliphatic rings. The third-order valence-corrected chi connectivity index (χ3v) is 5.23. The number of benzene rings is 1. The smallest absolute Gasteiger partial charge is 0.171 e. The maximum atomic E-state index is 13.2. The Morgan fingerprint density at radius 3 is 2.55 bits per heavy atom. The molecule has 4 nitrogen and oxygen atoms in total. The molecule has 3 N–H and O–H groups in total. The van der Waals surface area contributed by atoms with Crippen molar-refractivity contribution in [2.24, 2.45) is 5.92 Å². The predicted molar refractivity (Wildman–Crippen MR) is 121 cm³/mol. The first-order valence-electron chi connectivity index (χ1n) is 10.6. The van der Waals surface area contributed by atoms with Gasteiger partial charge in [-0.3, -0.25) is 4.79 Å². The number of aliphatic hydroxyl groups excluding tert-OH is 1. The number of carbonyl (C=O) groups excluding carboxylic acids is 1. The molecule has 2 aromatic rings. The van der Waals surface area contributed by atoms with Crippen molar-refractivity contribution < 1.29 is 9.90 Å². The molecule has 0 aliphatic heterocycles. The number of carbonyl (C=O) groups is 1. The molecule has 2 rings (SSSR count). The molecule has 4 heteroatoms. The lowest BCUT2D eigenvalue weighted by Crippen LogP contribution is -2.14. The average molecular weight is 395 g/mol. The van der Waals surface area contributed by atoms with Gasteiger partial charge in [0, 0.05) is 11.1 Å². The summed E-state index contributed by atoms with van der Waals surface area (Å²) in [6.45, 7) is 6.34. The van der Waals surface area contributed by atoms with Gasteiger partial charge < -0.3 is 10.8 Å². The number of hydrogen-bond acceptors (Lipinski definition) is 4. The second kappa shape index (κ2) is 11.5. The Morgan fingerprint density at radius 2 is 1.86 bits per heavy atom.